The number of nitrogens with zero attached hydrogens (tertiary/aromatic N) is 3. The van der Waals surface area contributed by atoms with Crippen molar-refractivity contribution in [3.05, 3.63) is 16.4 Å². The van der Waals surface area contributed by atoms with E-state index in [0.29, 0.717) is 0 Å². The van der Waals surface area contributed by atoms with Crippen molar-refractivity contribution in [2.45, 2.75) is 32.9 Å². The summed E-state index contributed by atoms with van der Waals surface area (Å²) in [7, 11) is 0. The van der Waals surface area contributed by atoms with E-state index in [1.165, 1.54) is 0 Å². The van der Waals surface area contributed by atoms with Gasteiger partial charge in [-0.05, 0) is 36.7 Å². The highest BCUT2D eigenvalue weighted by atomic mass is 79.9. The number of aromatic nitrogens is 2. The molecular formula is C14H23BrN4O2. The van der Waals surface area contributed by atoms with Crippen LogP contribution < -0.4 is 5.32 Å². The molecule has 0 unspecified atom stereocenters. The molecule has 0 bridgehead atoms. The zero-order valence-corrected chi connectivity index (χ0v) is 14.4. The summed E-state index contributed by atoms with van der Waals surface area (Å²) in [6.45, 7) is 10.1. The van der Waals surface area contributed by atoms with E-state index in [2.05, 4.69) is 31.2 Å². The van der Waals surface area contributed by atoms with Gasteiger partial charge in [0, 0.05) is 31.9 Å². The fourth-order valence-corrected chi connectivity index (χ4v) is 2.65. The first-order valence-corrected chi connectivity index (χ1v) is 8.08. The summed E-state index contributed by atoms with van der Waals surface area (Å²) in [6, 6.07) is -0.208. The SMILES string of the molecule is Cc1nn([C@H](C)C(=O)N[C@@H](C)CN2CCOCC2)cc1Br. The Labute approximate surface area is 133 Å². The summed E-state index contributed by atoms with van der Waals surface area (Å²) < 4.78 is 7.94. The van der Waals surface area contributed by atoms with Gasteiger partial charge in [-0.1, -0.05) is 0 Å². The third kappa shape index (κ3) is 4.52. The summed E-state index contributed by atoms with van der Waals surface area (Å²) in [5, 5.41) is 7.39. The fraction of sp³-hybridized carbons (Fsp3) is 0.714. The lowest BCUT2D eigenvalue weighted by atomic mass is 10.2. The van der Waals surface area contributed by atoms with Gasteiger partial charge in [-0.3, -0.25) is 14.4 Å². The molecule has 1 aliphatic heterocycles. The fourth-order valence-electron chi connectivity index (χ4n) is 2.36. The Morgan fingerprint density at radius 1 is 1.48 bits per heavy atom. The van der Waals surface area contributed by atoms with Gasteiger partial charge in [-0.2, -0.15) is 5.10 Å². The van der Waals surface area contributed by atoms with E-state index < -0.39 is 0 Å². The van der Waals surface area contributed by atoms with Crippen molar-refractivity contribution >= 4 is 21.8 Å². The van der Waals surface area contributed by atoms with Crippen molar-refractivity contribution in [3.63, 3.8) is 0 Å². The number of ether oxygens (including phenoxy) is 1. The maximum atomic E-state index is 12.3. The van der Waals surface area contributed by atoms with Gasteiger partial charge in [0.2, 0.25) is 5.91 Å². The highest BCUT2D eigenvalue weighted by Gasteiger charge is 2.20. The third-order valence-corrected chi connectivity index (χ3v) is 4.44. The minimum atomic E-state index is -0.317. The number of hydrogen-bond acceptors (Lipinski definition) is 4. The van der Waals surface area contributed by atoms with Crippen LogP contribution >= 0.6 is 15.9 Å². The van der Waals surface area contributed by atoms with Gasteiger partial charge >= 0.3 is 0 Å². The molecule has 1 aromatic rings. The Balaban J connectivity index is 1.84. The zero-order valence-electron chi connectivity index (χ0n) is 12.8. The molecule has 0 aromatic carbocycles. The molecule has 0 radical (unpaired) electrons. The van der Waals surface area contributed by atoms with Gasteiger partial charge in [-0.25, -0.2) is 0 Å². The lowest BCUT2D eigenvalue weighted by molar-refractivity contribution is -0.124. The molecule has 1 N–H and O–H groups in total. The molecule has 6 nitrogen and oxygen atoms in total. The van der Waals surface area contributed by atoms with Crippen LogP contribution in [0.15, 0.2) is 10.7 Å². The molecule has 1 saturated heterocycles. The van der Waals surface area contributed by atoms with E-state index in [1.807, 2.05) is 27.0 Å². The van der Waals surface area contributed by atoms with E-state index in [4.69, 9.17) is 4.74 Å². The van der Waals surface area contributed by atoms with E-state index >= 15 is 0 Å². The highest BCUT2D eigenvalue weighted by Crippen LogP contribution is 2.16. The van der Waals surface area contributed by atoms with Gasteiger partial charge in [0.1, 0.15) is 6.04 Å². The molecule has 2 rings (SSSR count). The Morgan fingerprint density at radius 2 is 2.14 bits per heavy atom. The summed E-state index contributed by atoms with van der Waals surface area (Å²) in [5.74, 6) is -0.00856. The molecule has 1 amide bonds. The first kappa shape index (κ1) is 16.5. The summed E-state index contributed by atoms with van der Waals surface area (Å²) in [6.07, 6.45) is 1.84. The maximum absolute atomic E-state index is 12.3. The molecule has 1 fully saturated rings. The molecular weight excluding hydrogens is 336 g/mol. The monoisotopic (exact) mass is 358 g/mol. The predicted molar refractivity (Wildman–Crippen MR) is 84.2 cm³/mol. The average molecular weight is 359 g/mol. The smallest absolute Gasteiger partial charge is 0.244 e. The normalized spacial score (nSPS) is 19.2. The predicted octanol–water partition coefficient (Wildman–Crippen LogP) is 1.35. The topological polar surface area (TPSA) is 59.4 Å². The molecule has 2 atom stereocenters. The van der Waals surface area contributed by atoms with Crippen LogP contribution in [-0.2, 0) is 9.53 Å². The molecule has 118 valence electrons. The van der Waals surface area contributed by atoms with Crippen LogP contribution in [0.1, 0.15) is 25.6 Å². The van der Waals surface area contributed by atoms with Crippen molar-refractivity contribution in [2.24, 2.45) is 0 Å². The average Bonchev–Trinajstić information content (AvgIpc) is 2.78. The van der Waals surface area contributed by atoms with Gasteiger partial charge < -0.3 is 10.1 Å². The summed E-state index contributed by atoms with van der Waals surface area (Å²) in [4.78, 5) is 14.6. The Kier molecular flexibility index (Phi) is 5.78. The van der Waals surface area contributed by atoms with E-state index in [-0.39, 0.29) is 18.0 Å². The van der Waals surface area contributed by atoms with Crippen LogP contribution in [0, 0.1) is 6.92 Å². The van der Waals surface area contributed by atoms with Crippen molar-refractivity contribution < 1.29 is 9.53 Å². The number of morpholine rings is 1. The largest absolute Gasteiger partial charge is 0.379 e. The minimum absolute atomic E-state index is 0.00856. The molecule has 1 aromatic heterocycles. The molecule has 1 aliphatic rings. The van der Waals surface area contributed by atoms with Crippen molar-refractivity contribution in [2.75, 3.05) is 32.8 Å². The molecule has 0 aliphatic carbocycles. The Bertz CT molecular complexity index is 466. The summed E-state index contributed by atoms with van der Waals surface area (Å²) >= 11 is 3.42. The molecule has 0 saturated carbocycles. The first-order valence-electron chi connectivity index (χ1n) is 7.29. The third-order valence-electron chi connectivity index (χ3n) is 3.66. The number of carbonyl (C=O) groups is 1. The second-order valence-electron chi connectivity index (χ2n) is 5.54. The molecule has 7 heteroatoms. The Morgan fingerprint density at radius 3 is 2.71 bits per heavy atom. The van der Waals surface area contributed by atoms with Gasteiger partial charge in [0.05, 0.1) is 23.4 Å². The van der Waals surface area contributed by atoms with E-state index in [1.54, 1.807) is 4.68 Å². The number of halogens is 1. The number of hydrogen-bond donors (Lipinski definition) is 1. The number of aryl methyl sites for hydroxylation is 1. The number of amides is 1. The Hall–Kier alpha value is -0.920. The van der Waals surface area contributed by atoms with Crippen molar-refractivity contribution in [1.82, 2.24) is 20.0 Å². The van der Waals surface area contributed by atoms with Gasteiger partial charge in [0.15, 0.2) is 0 Å². The molecule has 0 spiro atoms. The molecule has 2 heterocycles. The van der Waals surface area contributed by atoms with Crippen LogP contribution in [0.5, 0.6) is 0 Å². The lowest BCUT2D eigenvalue weighted by Crippen LogP contribution is -2.47. The second-order valence-corrected chi connectivity index (χ2v) is 6.40. The van der Waals surface area contributed by atoms with Crippen LogP contribution in [0.3, 0.4) is 0 Å². The van der Waals surface area contributed by atoms with E-state index in [9.17, 15) is 4.79 Å². The molecule has 21 heavy (non-hydrogen) atoms. The first-order chi connectivity index (χ1) is 9.97. The van der Waals surface area contributed by atoms with Gasteiger partial charge in [0.25, 0.3) is 0 Å². The number of nitrogens with one attached hydrogen (secondary N) is 1. The quantitative estimate of drug-likeness (QED) is 0.862. The van der Waals surface area contributed by atoms with E-state index in [0.717, 1.165) is 43.0 Å². The number of carbonyl (C=O) groups excluding carboxylic acids is 1. The highest BCUT2D eigenvalue weighted by molar-refractivity contribution is 9.10. The zero-order chi connectivity index (χ0) is 15.4. The van der Waals surface area contributed by atoms with Crippen molar-refractivity contribution in [3.8, 4) is 0 Å². The maximum Gasteiger partial charge on any atom is 0.244 e. The van der Waals surface area contributed by atoms with Crippen molar-refractivity contribution in [1.29, 1.82) is 0 Å². The van der Waals surface area contributed by atoms with Gasteiger partial charge in [-0.15, -0.1) is 0 Å². The number of rotatable bonds is 5. The lowest BCUT2D eigenvalue weighted by Gasteiger charge is -2.29. The minimum Gasteiger partial charge on any atom is -0.379 e. The van der Waals surface area contributed by atoms with Crippen LogP contribution in [0.4, 0.5) is 0 Å². The summed E-state index contributed by atoms with van der Waals surface area (Å²) in [5.41, 5.74) is 0.885. The van der Waals surface area contributed by atoms with Crippen LogP contribution in [0.25, 0.3) is 0 Å². The second kappa shape index (κ2) is 7.38. The standard InChI is InChI=1S/C14H23BrN4O2/c1-10(8-18-4-6-21-7-5-18)16-14(20)12(3)19-9-13(15)11(2)17-19/h9-10,12H,4-8H2,1-3H3,(H,16,20)/t10-,12+/m0/s1. The van der Waals surface area contributed by atoms with Crippen LogP contribution in [0.2, 0.25) is 0 Å². The van der Waals surface area contributed by atoms with Crippen LogP contribution in [-0.4, -0.2) is 59.5 Å².